The Labute approximate surface area is 130 Å². The van der Waals surface area contributed by atoms with Gasteiger partial charge in [0.1, 0.15) is 0 Å². The minimum absolute atomic E-state index is 0.361. The highest BCUT2D eigenvalue weighted by molar-refractivity contribution is 5.82. The number of carbonyl (C=O) groups is 2. The molecular weight excluding hydrogens is 288 g/mol. The largest absolute Gasteiger partial charge is 0.460 e. The van der Waals surface area contributed by atoms with Gasteiger partial charge in [-0.15, -0.1) is 0 Å². The number of hydrogen-bond donors (Lipinski definition) is 2. The van der Waals surface area contributed by atoms with Gasteiger partial charge in [0.2, 0.25) is 0 Å². The zero-order valence-corrected chi connectivity index (χ0v) is 13.0. The minimum Gasteiger partial charge on any atom is -0.460 e. The van der Waals surface area contributed by atoms with E-state index in [0.717, 1.165) is 0 Å². The lowest BCUT2D eigenvalue weighted by molar-refractivity contribution is -0.143. The number of esters is 2. The van der Waals surface area contributed by atoms with Crippen molar-refractivity contribution in [2.24, 2.45) is 0 Å². The van der Waals surface area contributed by atoms with E-state index in [9.17, 15) is 19.8 Å². The molecule has 0 aromatic carbocycles. The van der Waals surface area contributed by atoms with Crippen LogP contribution in [0.4, 0.5) is 0 Å². The van der Waals surface area contributed by atoms with E-state index < -0.39 is 24.1 Å². The maximum absolute atomic E-state index is 11.6. The topological polar surface area (TPSA) is 93.1 Å². The van der Waals surface area contributed by atoms with Crippen molar-refractivity contribution in [1.29, 1.82) is 0 Å². The molecule has 0 bridgehead atoms. The van der Waals surface area contributed by atoms with Crippen LogP contribution in [0.1, 0.15) is 39.5 Å². The zero-order valence-electron chi connectivity index (χ0n) is 13.0. The summed E-state index contributed by atoms with van der Waals surface area (Å²) in [5.74, 6) is -1.05. The molecule has 0 spiro atoms. The van der Waals surface area contributed by atoms with Crippen LogP contribution in [-0.2, 0) is 19.1 Å². The van der Waals surface area contributed by atoms with Crippen LogP contribution >= 0.6 is 0 Å². The summed E-state index contributed by atoms with van der Waals surface area (Å²) in [6, 6.07) is 0. The third-order valence-corrected chi connectivity index (χ3v) is 3.28. The molecule has 0 fully saturated rings. The highest BCUT2D eigenvalue weighted by atomic mass is 16.5. The van der Waals surface area contributed by atoms with Crippen LogP contribution < -0.4 is 0 Å². The highest BCUT2D eigenvalue weighted by Gasteiger charge is 2.13. The molecule has 6 nitrogen and oxygen atoms in total. The molecule has 22 heavy (non-hydrogen) atoms. The number of aliphatic hydroxyl groups excluding tert-OH is 2. The fourth-order valence-corrected chi connectivity index (χ4v) is 1.98. The summed E-state index contributed by atoms with van der Waals surface area (Å²) in [4.78, 5) is 23.1. The quantitative estimate of drug-likeness (QED) is 0.654. The van der Waals surface area contributed by atoms with Gasteiger partial charge in [0.25, 0.3) is 0 Å². The van der Waals surface area contributed by atoms with Gasteiger partial charge in [-0.3, -0.25) is 0 Å². The van der Waals surface area contributed by atoms with E-state index in [1.54, 1.807) is 13.8 Å². The second kappa shape index (κ2) is 9.38. The van der Waals surface area contributed by atoms with Gasteiger partial charge < -0.3 is 19.7 Å². The molecule has 1 heterocycles. The highest BCUT2D eigenvalue weighted by Crippen LogP contribution is 2.10. The number of aliphatic hydroxyl groups is 2. The maximum Gasteiger partial charge on any atom is 0.330 e. The van der Waals surface area contributed by atoms with E-state index in [1.807, 2.05) is 0 Å². The van der Waals surface area contributed by atoms with E-state index in [2.05, 4.69) is 0 Å². The number of rotatable bonds is 0. The Morgan fingerprint density at radius 2 is 1.18 bits per heavy atom. The Balaban J connectivity index is 2.70. The predicted molar refractivity (Wildman–Crippen MR) is 79.9 cm³/mol. The van der Waals surface area contributed by atoms with Gasteiger partial charge in [0.05, 0.1) is 24.4 Å². The van der Waals surface area contributed by atoms with Crippen molar-refractivity contribution in [2.45, 2.75) is 63.9 Å². The summed E-state index contributed by atoms with van der Waals surface area (Å²) in [5.41, 5.74) is 0. The Kier molecular flexibility index (Phi) is 7.84. The van der Waals surface area contributed by atoms with Crippen LogP contribution in [0.5, 0.6) is 0 Å². The third-order valence-electron chi connectivity index (χ3n) is 3.28. The molecule has 0 saturated heterocycles. The van der Waals surface area contributed by atoms with Gasteiger partial charge in [-0.1, -0.05) is 0 Å². The monoisotopic (exact) mass is 312 g/mol. The summed E-state index contributed by atoms with van der Waals surface area (Å²) >= 11 is 0. The average molecular weight is 312 g/mol. The van der Waals surface area contributed by atoms with Gasteiger partial charge in [0, 0.05) is 12.2 Å². The molecule has 4 atom stereocenters. The first-order valence-electron chi connectivity index (χ1n) is 7.50. The van der Waals surface area contributed by atoms with Gasteiger partial charge in [-0.25, -0.2) is 9.59 Å². The summed E-state index contributed by atoms with van der Waals surface area (Å²) in [5, 5.41) is 19.5. The zero-order chi connectivity index (χ0) is 16.5. The molecule has 1 aliphatic rings. The number of ether oxygens (including phenoxy) is 2. The van der Waals surface area contributed by atoms with Crippen LogP contribution in [0.15, 0.2) is 24.3 Å². The van der Waals surface area contributed by atoms with Crippen molar-refractivity contribution in [3.8, 4) is 0 Å². The molecule has 1 aliphatic heterocycles. The van der Waals surface area contributed by atoms with Crippen LogP contribution in [0.2, 0.25) is 0 Å². The van der Waals surface area contributed by atoms with Crippen molar-refractivity contribution < 1.29 is 29.3 Å². The molecule has 0 saturated carbocycles. The minimum atomic E-state index is -0.797. The smallest absolute Gasteiger partial charge is 0.330 e. The van der Waals surface area contributed by atoms with E-state index in [4.69, 9.17) is 9.47 Å². The first-order valence-corrected chi connectivity index (χ1v) is 7.50. The van der Waals surface area contributed by atoms with E-state index in [1.165, 1.54) is 24.3 Å². The van der Waals surface area contributed by atoms with Crippen molar-refractivity contribution in [2.75, 3.05) is 0 Å². The first kappa shape index (κ1) is 18.4. The first-order chi connectivity index (χ1) is 10.4. The lowest BCUT2D eigenvalue weighted by atomic mass is 10.1. The molecule has 1 rings (SSSR count). The van der Waals surface area contributed by atoms with Crippen LogP contribution in [-0.4, -0.2) is 46.6 Å². The lowest BCUT2D eigenvalue weighted by Gasteiger charge is -2.15. The molecule has 0 radical (unpaired) electrons. The van der Waals surface area contributed by atoms with Gasteiger partial charge in [-0.05, 0) is 51.7 Å². The van der Waals surface area contributed by atoms with E-state index >= 15 is 0 Å². The summed E-state index contributed by atoms with van der Waals surface area (Å²) in [6.45, 7) is 3.44. The van der Waals surface area contributed by atoms with Crippen LogP contribution in [0, 0.1) is 0 Å². The van der Waals surface area contributed by atoms with Gasteiger partial charge >= 0.3 is 11.9 Å². The van der Waals surface area contributed by atoms with Crippen molar-refractivity contribution >= 4 is 11.9 Å². The lowest BCUT2D eigenvalue weighted by Crippen LogP contribution is -2.18. The molecule has 124 valence electrons. The normalized spacial score (nSPS) is 35.3. The van der Waals surface area contributed by atoms with Crippen LogP contribution in [0.3, 0.4) is 0 Å². The third kappa shape index (κ3) is 7.95. The fraction of sp³-hybridized carbons (Fsp3) is 0.625. The van der Waals surface area contributed by atoms with E-state index in [0.29, 0.717) is 25.7 Å². The fourth-order valence-electron chi connectivity index (χ4n) is 1.98. The standard InChI is InChI=1S/C16H24O6/c1-11-3-5-13(17)8-10-16(20)22-12(2)4-6-14(18)7-9-15(19)21-11/h7-14,17-18H,3-6H2,1-2H3/b9-7-,10-8-/t11-,12-,13-,14+/m1/s1. The number of cyclic esters (lactones) is 2. The molecular formula is C16H24O6. The Bertz CT molecular complexity index is 388. The van der Waals surface area contributed by atoms with Crippen molar-refractivity contribution in [3.63, 3.8) is 0 Å². The second-order valence-electron chi connectivity index (χ2n) is 5.50. The molecule has 0 aromatic rings. The van der Waals surface area contributed by atoms with Gasteiger partial charge in [-0.2, -0.15) is 0 Å². The average Bonchev–Trinajstić information content (AvgIpc) is 2.46. The molecule has 0 unspecified atom stereocenters. The SMILES string of the molecule is C[C@@H]1CC[C@H](O)/C=C\C(=O)O[C@H](C)CC[C@@H](O)/C=C\C(=O)O1. The molecule has 2 N–H and O–H groups in total. The molecule has 0 aliphatic carbocycles. The second-order valence-corrected chi connectivity index (χ2v) is 5.50. The Morgan fingerprint density at radius 3 is 1.55 bits per heavy atom. The van der Waals surface area contributed by atoms with Gasteiger partial charge in [0.15, 0.2) is 0 Å². The molecule has 0 amide bonds. The van der Waals surface area contributed by atoms with E-state index in [-0.39, 0.29) is 12.2 Å². The Morgan fingerprint density at radius 1 is 0.818 bits per heavy atom. The Hall–Kier alpha value is -1.66. The summed E-state index contributed by atoms with van der Waals surface area (Å²) in [7, 11) is 0. The van der Waals surface area contributed by atoms with Crippen molar-refractivity contribution in [3.05, 3.63) is 24.3 Å². The molecule has 6 heteroatoms. The summed E-state index contributed by atoms with van der Waals surface area (Å²) < 4.78 is 10.3. The predicted octanol–water partition coefficient (Wildman–Crippen LogP) is 1.26. The number of carbonyl (C=O) groups excluding carboxylic acids is 2. The van der Waals surface area contributed by atoms with Crippen molar-refractivity contribution in [1.82, 2.24) is 0 Å². The summed E-state index contributed by atoms with van der Waals surface area (Å²) in [6.07, 6.45) is 4.44. The molecule has 0 aromatic heterocycles. The number of hydrogen-bond acceptors (Lipinski definition) is 6. The van der Waals surface area contributed by atoms with Crippen LogP contribution in [0.25, 0.3) is 0 Å². The maximum atomic E-state index is 11.6.